The highest BCUT2D eigenvalue weighted by Gasteiger charge is 2.23. The number of carbonyl (C=O) groups excluding carboxylic acids is 1. The summed E-state index contributed by atoms with van der Waals surface area (Å²) in [4.78, 5) is 13.5. The molecule has 0 atom stereocenters. The van der Waals surface area contributed by atoms with Gasteiger partial charge in [0.2, 0.25) is 0 Å². The van der Waals surface area contributed by atoms with Crippen LogP contribution in [0.15, 0.2) is 30.3 Å². The van der Waals surface area contributed by atoms with E-state index in [1.807, 2.05) is 20.8 Å². The maximum atomic E-state index is 12.1. The summed E-state index contributed by atoms with van der Waals surface area (Å²) in [6.45, 7) is 8.52. The van der Waals surface area contributed by atoms with Crippen molar-refractivity contribution in [2.75, 3.05) is 6.61 Å². The van der Waals surface area contributed by atoms with Gasteiger partial charge in [0, 0.05) is 17.0 Å². The van der Waals surface area contributed by atoms with Crippen LogP contribution in [0.1, 0.15) is 77.3 Å². The third-order valence-electron chi connectivity index (χ3n) is 5.52. The normalized spacial score (nSPS) is 11.3. The molecule has 6 nitrogen and oxygen atoms in total. The summed E-state index contributed by atoms with van der Waals surface area (Å²) in [6.07, 6.45) is 6.72. The number of nitrogens with zero attached hydrogens (tertiary/aromatic N) is 3. The predicted molar refractivity (Wildman–Crippen MR) is 135 cm³/mol. The van der Waals surface area contributed by atoms with E-state index in [1.54, 1.807) is 30.3 Å². The maximum absolute atomic E-state index is 12.1. The summed E-state index contributed by atoms with van der Waals surface area (Å²) in [6, 6.07) is 8.77. The van der Waals surface area contributed by atoms with Crippen LogP contribution in [0.5, 0.6) is 5.75 Å². The number of phenolic OH excluding ortho intramolecular Hbond substituents is 1. The smallest absolute Gasteiger partial charge is 0.384 e. The van der Waals surface area contributed by atoms with Gasteiger partial charge in [0.25, 0.3) is 0 Å². The van der Waals surface area contributed by atoms with E-state index in [9.17, 15) is 9.90 Å². The minimum Gasteiger partial charge on any atom is -0.505 e. The molecule has 0 unspecified atom stereocenters. The van der Waals surface area contributed by atoms with Crippen LogP contribution in [-0.4, -0.2) is 32.7 Å². The Morgan fingerprint density at radius 1 is 1.12 bits per heavy atom. The largest absolute Gasteiger partial charge is 0.505 e. The molecule has 0 radical (unpaired) electrons. The Bertz CT molecular complexity index is 1220. The van der Waals surface area contributed by atoms with Gasteiger partial charge in [-0.05, 0) is 36.1 Å². The third-order valence-corrected chi connectivity index (χ3v) is 5.82. The molecule has 3 aromatic rings. The van der Waals surface area contributed by atoms with Crippen molar-refractivity contribution in [3.63, 3.8) is 0 Å². The van der Waals surface area contributed by atoms with Gasteiger partial charge >= 0.3 is 5.97 Å². The van der Waals surface area contributed by atoms with Crippen molar-refractivity contribution >= 4 is 28.6 Å². The van der Waals surface area contributed by atoms with E-state index in [0.29, 0.717) is 39.5 Å². The van der Waals surface area contributed by atoms with Crippen molar-refractivity contribution in [1.29, 1.82) is 0 Å². The topological polar surface area (TPSA) is 77.2 Å². The molecule has 1 N–H and O–H groups in total. The average Bonchev–Trinajstić information content (AvgIpc) is 3.22. The molecular formula is C27H32ClN3O3. The van der Waals surface area contributed by atoms with Gasteiger partial charge in [-0.15, -0.1) is 15.0 Å². The first-order valence-electron chi connectivity index (χ1n) is 11.8. The summed E-state index contributed by atoms with van der Waals surface area (Å²) in [5.41, 5.74) is 2.36. The van der Waals surface area contributed by atoms with Crippen LogP contribution in [0, 0.1) is 11.8 Å². The van der Waals surface area contributed by atoms with Gasteiger partial charge in [0.05, 0.1) is 11.6 Å². The number of aromatic hydroxyl groups is 1. The Labute approximate surface area is 206 Å². The second kappa shape index (κ2) is 11.4. The van der Waals surface area contributed by atoms with Gasteiger partial charge in [0.1, 0.15) is 22.5 Å². The first-order valence-corrected chi connectivity index (χ1v) is 12.2. The Balaban J connectivity index is 1.82. The number of phenols is 1. The minimum absolute atomic E-state index is 0.0557. The fourth-order valence-electron chi connectivity index (χ4n) is 3.63. The molecule has 3 rings (SSSR count). The van der Waals surface area contributed by atoms with Gasteiger partial charge in [-0.1, -0.05) is 83.4 Å². The lowest BCUT2D eigenvalue weighted by Gasteiger charge is -2.22. The van der Waals surface area contributed by atoms with Crippen molar-refractivity contribution in [1.82, 2.24) is 15.0 Å². The van der Waals surface area contributed by atoms with E-state index in [0.717, 1.165) is 19.3 Å². The molecule has 0 saturated heterocycles. The fraction of sp³-hybridized carbons (Fsp3) is 0.444. The van der Waals surface area contributed by atoms with Crippen molar-refractivity contribution in [3.05, 3.63) is 46.5 Å². The van der Waals surface area contributed by atoms with Crippen molar-refractivity contribution in [3.8, 4) is 23.3 Å². The van der Waals surface area contributed by atoms with Crippen LogP contribution in [0.25, 0.3) is 16.7 Å². The number of unbranched alkanes of at least 4 members (excludes halogenated alkanes) is 5. The van der Waals surface area contributed by atoms with Crippen LogP contribution < -0.4 is 0 Å². The number of carbonyl (C=O) groups is 1. The van der Waals surface area contributed by atoms with E-state index < -0.39 is 5.97 Å². The van der Waals surface area contributed by atoms with Gasteiger partial charge in [-0.25, -0.2) is 4.79 Å². The second-order valence-corrected chi connectivity index (χ2v) is 9.80. The van der Waals surface area contributed by atoms with Crippen LogP contribution >= 0.6 is 11.6 Å². The number of hydrogen-bond acceptors (Lipinski definition) is 5. The SMILES string of the molecule is CCCCCCCCOC(=O)C#Cc1cc(-n2nc3cccc(Cl)c3n2)c(O)c(C(C)(C)C)c1. The zero-order valence-corrected chi connectivity index (χ0v) is 21.1. The van der Waals surface area contributed by atoms with Crippen LogP contribution in [0.3, 0.4) is 0 Å². The number of ether oxygens (including phenoxy) is 1. The molecule has 0 aliphatic carbocycles. The summed E-state index contributed by atoms with van der Waals surface area (Å²) < 4.78 is 5.25. The summed E-state index contributed by atoms with van der Waals surface area (Å²) in [5, 5.41) is 20.4. The molecule has 0 spiro atoms. The second-order valence-electron chi connectivity index (χ2n) is 9.39. The highest BCUT2D eigenvalue weighted by Crippen LogP contribution is 2.36. The van der Waals surface area contributed by atoms with E-state index in [1.165, 1.54) is 24.1 Å². The molecule has 0 saturated carbocycles. The molecule has 0 aliphatic heterocycles. The number of hydrogen-bond donors (Lipinski definition) is 1. The number of aromatic nitrogens is 3. The van der Waals surface area contributed by atoms with Gasteiger partial charge in [-0.2, -0.15) is 0 Å². The Morgan fingerprint density at radius 2 is 1.85 bits per heavy atom. The number of esters is 1. The number of halogens is 1. The summed E-state index contributed by atoms with van der Waals surface area (Å²) in [5.74, 6) is 4.93. The lowest BCUT2D eigenvalue weighted by molar-refractivity contribution is -0.136. The Morgan fingerprint density at radius 3 is 2.56 bits per heavy atom. The van der Waals surface area contributed by atoms with Crippen LogP contribution in [0.2, 0.25) is 5.02 Å². The summed E-state index contributed by atoms with van der Waals surface area (Å²) >= 11 is 6.25. The first-order chi connectivity index (χ1) is 16.2. The van der Waals surface area contributed by atoms with Gasteiger partial charge in [-0.3, -0.25) is 0 Å². The zero-order valence-electron chi connectivity index (χ0n) is 20.3. The molecule has 2 aromatic carbocycles. The average molecular weight is 482 g/mol. The van der Waals surface area contributed by atoms with Crippen molar-refractivity contribution < 1.29 is 14.6 Å². The van der Waals surface area contributed by atoms with E-state index in [-0.39, 0.29) is 11.2 Å². The lowest BCUT2D eigenvalue weighted by atomic mass is 9.85. The standard InChI is InChI=1S/C27H32ClN3O3/c1-5-6-7-8-9-10-16-34-24(32)15-14-19-17-20(27(2,3)4)26(33)23(18-19)31-29-22-13-11-12-21(28)25(22)30-31/h11-13,17-18,33H,5-10,16H2,1-4H3. The van der Waals surface area contributed by atoms with E-state index >= 15 is 0 Å². The highest BCUT2D eigenvalue weighted by atomic mass is 35.5. The molecule has 0 aliphatic rings. The molecule has 0 bridgehead atoms. The maximum Gasteiger partial charge on any atom is 0.384 e. The van der Waals surface area contributed by atoms with Crippen molar-refractivity contribution in [2.24, 2.45) is 0 Å². The highest BCUT2D eigenvalue weighted by molar-refractivity contribution is 6.34. The van der Waals surface area contributed by atoms with Gasteiger partial charge in [0.15, 0.2) is 0 Å². The molecule has 1 aromatic heterocycles. The molecule has 7 heteroatoms. The molecular weight excluding hydrogens is 450 g/mol. The van der Waals surface area contributed by atoms with Crippen molar-refractivity contribution in [2.45, 2.75) is 71.6 Å². The van der Waals surface area contributed by atoms with Crippen LogP contribution in [0.4, 0.5) is 0 Å². The fourth-order valence-corrected chi connectivity index (χ4v) is 3.84. The molecule has 180 valence electrons. The summed E-state index contributed by atoms with van der Waals surface area (Å²) in [7, 11) is 0. The molecule has 34 heavy (non-hydrogen) atoms. The van der Waals surface area contributed by atoms with E-state index in [2.05, 4.69) is 29.0 Å². The Hall–Kier alpha value is -3.04. The number of fused-ring (bicyclic) bond motifs is 1. The molecule has 1 heterocycles. The number of rotatable bonds is 8. The van der Waals surface area contributed by atoms with Crippen LogP contribution in [-0.2, 0) is 14.9 Å². The molecule has 0 fully saturated rings. The van der Waals surface area contributed by atoms with Gasteiger partial charge < -0.3 is 9.84 Å². The minimum atomic E-state index is -0.560. The van der Waals surface area contributed by atoms with E-state index in [4.69, 9.17) is 16.3 Å². The zero-order chi connectivity index (χ0) is 24.7. The first kappa shape index (κ1) is 25.6. The Kier molecular flexibility index (Phi) is 8.57. The monoisotopic (exact) mass is 481 g/mol. The molecule has 0 amide bonds. The lowest BCUT2D eigenvalue weighted by Crippen LogP contribution is -2.13. The third kappa shape index (κ3) is 6.51. The predicted octanol–water partition coefficient (Wildman–Crippen LogP) is 6.33. The quantitative estimate of drug-likeness (QED) is 0.231. The number of benzene rings is 2.